The van der Waals surface area contributed by atoms with Crippen LogP contribution in [0.2, 0.25) is 0 Å². The van der Waals surface area contributed by atoms with Crippen LogP contribution < -0.4 is 0 Å². The Hall–Kier alpha value is -0.810. The van der Waals surface area contributed by atoms with Crippen LogP contribution in [0.15, 0.2) is 5.11 Å². The van der Waals surface area contributed by atoms with Gasteiger partial charge in [0, 0.05) is 11.3 Å². The summed E-state index contributed by atoms with van der Waals surface area (Å²) in [5.41, 5.74) is 8.15. The molecule has 2 rings (SSSR count). The van der Waals surface area contributed by atoms with Gasteiger partial charge in [-0.05, 0) is 19.4 Å². The topological polar surface area (TPSA) is 76.5 Å². The van der Waals surface area contributed by atoms with Crippen molar-refractivity contribution < 1.29 is 14.2 Å². The van der Waals surface area contributed by atoms with Crippen LogP contribution in [-0.4, -0.2) is 30.8 Å². The van der Waals surface area contributed by atoms with E-state index in [1.165, 1.54) is 0 Å². The molecule has 2 aliphatic rings. The van der Waals surface area contributed by atoms with Gasteiger partial charge in [-0.25, -0.2) is 0 Å². The highest BCUT2D eigenvalue weighted by molar-refractivity contribution is 4.85. The Morgan fingerprint density at radius 3 is 2.93 bits per heavy atom. The molecule has 0 aromatic carbocycles. The van der Waals surface area contributed by atoms with Crippen molar-refractivity contribution in [2.45, 2.75) is 44.6 Å². The van der Waals surface area contributed by atoms with Crippen LogP contribution >= 0.6 is 0 Å². The van der Waals surface area contributed by atoms with E-state index in [2.05, 4.69) is 10.0 Å². The first-order valence-electron chi connectivity index (χ1n) is 4.63. The molecule has 6 nitrogen and oxygen atoms in total. The maximum Gasteiger partial charge on any atom is 0.187 e. The van der Waals surface area contributed by atoms with Crippen LogP contribution in [-0.2, 0) is 14.2 Å². The Labute approximate surface area is 81.8 Å². The molecular weight excluding hydrogens is 186 g/mol. The predicted octanol–water partition coefficient (Wildman–Crippen LogP) is 1.56. The summed E-state index contributed by atoms with van der Waals surface area (Å²) < 4.78 is 16.6. The lowest BCUT2D eigenvalue weighted by Crippen LogP contribution is -2.25. The zero-order chi connectivity index (χ0) is 10.2. The smallest absolute Gasteiger partial charge is 0.187 e. The van der Waals surface area contributed by atoms with Crippen molar-refractivity contribution in [2.24, 2.45) is 5.11 Å². The largest absolute Gasteiger partial charge is 0.346 e. The van der Waals surface area contributed by atoms with Gasteiger partial charge in [0.2, 0.25) is 0 Å². The third-order valence-corrected chi connectivity index (χ3v) is 2.31. The standard InChI is InChI=1S/C8H13N3O3/c1-8(2)13-6-3-5(4-10-11-9)12-7(6)14-8/h5-7H,3-4H2,1-2H3/t5-,6-,7-/m1/s1. The van der Waals surface area contributed by atoms with Gasteiger partial charge in [-0.2, -0.15) is 0 Å². The summed E-state index contributed by atoms with van der Waals surface area (Å²) in [6, 6.07) is 0. The molecule has 0 aromatic heterocycles. The molecule has 0 radical (unpaired) electrons. The Kier molecular flexibility index (Phi) is 2.36. The quantitative estimate of drug-likeness (QED) is 0.384. The van der Waals surface area contributed by atoms with Crippen molar-refractivity contribution >= 4 is 0 Å². The van der Waals surface area contributed by atoms with Crippen LogP contribution in [0.4, 0.5) is 0 Å². The van der Waals surface area contributed by atoms with Gasteiger partial charge in [-0.15, -0.1) is 0 Å². The number of hydrogen-bond acceptors (Lipinski definition) is 4. The van der Waals surface area contributed by atoms with E-state index in [0.717, 1.165) is 6.42 Å². The van der Waals surface area contributed by atoms with Gasteiger partial charge in [-0.1, -0.05) is 5.11 Å². The van der Waals surface area contributed by atoms with E-state index in [1.807, 2.05) is 13.8 Å². The molecule has 6 heteroatoms. The monoisotopic (exact) mass is 199 g/mol. The first kappa shape index (κ1) is 9.73. The number of azide groups is 1. The van der Waals surface area contributed by atoms with E-state index in [1.54, 1.807) is 0 Å². The lowest BCUT2D eigenvalue weighted by atomic mass is 10.2. The summed E-state index contributed by atoms with van der Waals surface area (Å²) in [5.74, 6) is -0.557. The molecule has 14 heavy (non-hydrogen) atoms. The molecule has 0 unspecified atom stereocenters. The second kappa shape index (κ2) is 3.40. The van der Waals surface area contributed by atoms with E-state index >= 15 is 0 Å². The molecule has 2 heterocycles. The maximum absolute atomic E-state index is 8.15. The summed E-state index contributed by atoms with van der Waals surface area (Å²) in [6.45, 7) is 4.06. The van der Waals surface area contributed by atoms with Crippen molar-refractivity contribution in [3.05, 3.63) is 10.4 Å². The van der Waals surface area contributed by atoms with Crippen LogP contribution in [0.25, 0.3) is 10.4 Å². The van der Waals surface area contributed by atoms with E-state index in [0.29, 0.717) is 6.54 Å². The van der Waals surface area contributed by atoms with Crippen molar-refractivity contribution in [3.63, 3.8) is 0 Å². The molecule has 2 saturated heterocycles. The molecule has 3 atom stereocenters. The molecule has 0 spiro atoms. The third-order valence-electron chi connectivity index (χ3n) is 2.31. The maximum atomic E-state index is 8.15. The highest BCUT2D eigenvalue weighted by atomic mass is 16.8. The predicted molar refractivity (Wildman–Crippen MR) is 47.3 cm³/mol. The molecule has 78 valence electrons. The molecule has 0 aliphatic carbocycles. The van der Waals surface area contributed by atoms with Crippen LogP contribution in [0, 0.1) is 0 Å². The highest BCUT2D eigenvalue weighted by Gasteiger charge is 2.48. The van der Waals surface area contributed by atoms with Gasteiger partial charge < -0.3 is 14.2 Å². The lowest BCUT2D eigenvalue weighted by molar-refractivity contribution is -0.203. The summed E-state index contributed by atoms with van der Waals surface area (Å²) in [6.07, 6.45) is 0.331. The van der Waals surface area contributed by atoms with Crippen molar-refractivity contribution in [2.75, 3.05) is 6.54 Å². The van der Waals surface area contributed by atoms with Crippen molar-refractivity contribution in [1.29, 1.82) is 0 Å². The number of fused-ring (bicyclic) bond motifs is 1. The number of rotatable bonds is 2. The number of nitrogens with zero attached hydrogens (tertiary/aromatic N) is 3. The van der Waals surface area contributed by atoms with E-state index in [-0.39, 0.29) is 18.5 Å². The molecular formula is C8H13N3O3. The van der Waals surface area contributed by atoms with Gasteiger partial charge in [0.25, 0.3) is 0 Å². The van der Waals surface area contributed by atoms with E-state index in [4.69, 9.17) is 19.7 Å². The fourth-order valence-electron chi connectivity index (χ4n) is 1.83. The molecule has 0 aromatic rings. The molecule has 2 aliphatic heterocycles. The lowest BCUT2D eigenvalue weighted by Gasteiger charge is -2.19. The van der Waals surface area contributed by atoms with Crippen LogP contribution in [0.5, 0.6) is 0 Å². The highest BCUT2D eigenvalue weighted by Crippen LogP contribution is 2.36. The summed E-state index contributed by atoms with van der Waals surface area (Å²) in [5, 5.41) is 3.46. The van der Waals surface area contributed by atoms with Crippen molar-refractivity contribution in [1.82, 2.24) is 0 Å². The minimum Gasteiger partial charge on any atom is -0.346 e. The Balaban J connectivity index is 1.90. The molecule has 0 saturated carbocycles. The van der Waals surface area contributed by atoms with Crippen molar-refractivity contribution in [3.8, 4) is 0 Å². The first-order valence-corrected chi connectivity index (χ1v) is 4.63. The average Bonchev–Trinajstić information content (AvgIpc) is 2.53. The second-order valence-electron chi connectivity index (χ2n) is 3.95. The third kappa shape index (κ3) is 1.83. The van der Waals surface area contributed by atoms with Gasteiger partial charge in [0.05, 0.1) is 12.6 Å². The number of ether oxygens (including phenoxy) is 3. The van der Waals surface area contributed by atoms with E-state index in [9.17, 15) is 0 Å². The summed E-state index contributed by atoms with van der Waals surface area (Å²) in [7, 11) is 0. The summed E-state index contributed by atoms with van der Waals surface area (Å²) >= 11 is 0. The number of hydrogen-bond donors (Lipinski definition) is 0. The van der Waals surface area contributed by atoms with Gasteiger partial charge in [-0.3, -0.25) is 0 Å². The Morgan fingerprint density at radius 2 is 2.29 bits per heavy atom. The molecule has 0 amide bonds. The summed E-state index contributed by atoms with van der Waals surface area (Å²) in [4.78, 5) is 2.69. The Bertz CT molecular complexity index is 259. The minimum atomic E-state index is -0.557. The van der Waals surface area contributed by atoms with Crippen LogP contribution in [0.1, 0.15) is 20.3 Å². The normalized spacial score (nSPS) is 39.1. The fourth-order valence-corrected chi connectivity index (χ4v) is 1.83. The zero-order valence-electron chi connectivity index (χ0n) is 8.21. The minimum absolute atomic E-state index is 0.0242. The molecule has 0 bridgehead atoms. The average molecular weight is 199 g/mol. The SMILES string of the molecule is CC1(C)O[C@H]2O[C@@H](CN=[N+]=[N-])C[C@H]2O1. The van der Waals surface area contributed by atoms with E-state index < -0.39 is 5.79 Å². The van der Waals surface area contributed by atoms with Gasteiger partial charge >= 0.3 is 0 Å². The molecule has 0 N–H and O–H groups in total. The fraction of sp³-hybridized carbons (Fsp3) is 1.00. The molecule has 2 fully saturated rings. The zero-order valence-corrected chi connectivity index (χ0v) is 8.21. The van der Waals surface area contributed by atoms with Crippen LogP contribution in [0.3, 0.4) is 0 Å². The van der Waals surface area contributed by atoms with Gasteiger partial charge in [0.15, 0.2) is 12.1 Å². The Morgan fingerprint density at radius 1 is 1.50 bits per heavy atom. The second-order valence-corrected chi connectivity index (χ2v) is 3.95. The first-order chi connectivity index (χ1) is 6.61. The van der Waals surface area contributed by atoms with Gasteiger partial charge in [0.1, 0.15) is 6.10 Å².